The molecule has 0 N–H and O–H groups in total. The first kappa shape index (κ1) is 27.0. The summed E-state index contributed by atoms with van der Waals surface area (Å²) in [5, 5.41) is 0. The van der Waals surface area contributed by atoms with E-state index in [2.05, 4.69) is 9.88 Å². The number of benzene rings is 2. The number of halogens is 1. The zero-order valence-electron chi connectivity index (χ0n) is 22.6. The highest BCUT2D eigenvalue weighted by Gasteiger charge is 2.35. The number of fused-ring (bicyclic) bond motifs is 3. The second kappa shape index (κ2) is 12.5. The van der Waals surface area contributed by atoms with Gasteiger partial charge in [-0.3, -0.25) is 19.5 Å². The molecule has 6 nitrogen and oxygen atoms in total. The molecule has 3 aromatic rings. The van der Waals surface area contributed by atoms with Crippen molar-refractivity contribution in [2.75, 3.05) is 18.0 Å². The molecule has 5 rings (SSSR count). The molecule has 2 atom stereocenters. The minimum Gasteiger partial charge on any atom is -0.336 e. The summed E-state index contributed by atoms with van der Waals surface area (Å²) < 4.78 is 14.5. The van der Waals surface area contributed by atoms with Crippen molar-refractivity contribution >= 4 is 17.5 Å². The summed E-state index contributed by atoms with van der Waals surface area (Å²) in [6.07, 6.45) is 8.05. The van der Waals surface area contributed by atoms with Crippen LogP contribution in [-0.2, 0) is 29.1 Å². The lowest BCUT2D eigenvalue weighted by Gasteiger charge is -2.44. The highest BCUT2D eigenvalue weighted by atomic mass is 19.1. The van der Waals surface area contributed by atoms with Crippen LogP contribution in [0.25, 0.3) is 0 Å². The van der Waals surface area contributed by atoms with E-state index in [1.54, 1.807) is 18.2 Å². The molecular formula is C32H37FN4O2. The fraction of sp³-hybridized carbons (Fsp3) is 0.406. The molecule has 0 aliphatic carbocycles. The van der Waals surface area contributed by atoms with Gasteiger partial charge < -0.3 is 9.80 Å². The fourth-order valence-corrected chi connectivity index (χ4v) is 6.07. The third-order valence-electron chi connectivity index (χ3n) is 8.14. The average molecular weight is 529 g/mol. The molecule has 0 spiro atoms. The number of para-hydroxylation sites is 1. The lowest BCUT2D eigenvalue weighted by Crippen LogP contribution is -2.52. The van der Waals surface area contributed by atoms with Crippen LogP contribution < -0.4 is 4.90 Å². The number of piperidine rings is 1. The molecule has 0 saturated carbocycles. The van der Waals surface area contributed by atoms with Gasteiger partial charge >= 0.3 is 0 Å². The summed E-state index contributed by atoms with van der Waals surface area (Å²) in [4.78, 5) is 37.5. The van der Waals surface area contributed by atoms with Crippen molar-refractivity contribution < 1.29 is 14.0 Å². The molecule has 0 radical (unpaired) electrons. The molecule has 7 heteroatoms. The van der Waals surface area contributed by atoms with Crippen LogP contribution in [0.5, 0.6) is 0 Å². The van der Waals surface area contributed by atoms with Crippen molar-refractivity contribution in [3.63, 3.8) is 0 Å². The predicted molar refractivity (Wildman–Crippen MR) is 150 cm³/mol. The topological polar surface area (TPSA) is 56.8 Å². The summed E-state index contributed by atoms with van der Waals surface area (Å²) >= 11 is 0. The Labute approximate surface area is 230 Å². The van der Waals surface area contributed by atoms with Gasteiger partial charge in [0.2, 0.25) is 11.8 Å². The van der Waals surface area contributed by atoms with E-state index < -0.39 is 0 Å². The van der Waals surface area contributed by atoms with Gasteiger partial charge in [0.1, 0.15) is 5.82 Å². The quantitative estimate of drug-likeness (QED) is 0.447. The Morgan fingerprint density at radius 1 is 0.923 bits per heavy atom. The van der Waals surface area contributed by atoms with Crippen molar-refractivity contribution in [2.24, 2.45) is 0 Å². The standard InChI is InChI=1S/C32H37FN4O2/c1-2-31(38)36-19-16-27-10-7-11-28(37(27)21-24-14-17-34-18-15-24)23-35(22-26-9-4-6-13-30(26)36)32(39)20-25-8-3-5-12-29(25)33/h3-6,8-9,12-15,17-18,27-28H,2,7,10-11,16,19-23H2,1H3. The summed E-state index contributed by atoms with van der Waals surface area (Å²) in [5.74, 6) is -0.381. The first-order chi connectivity index (χ1) is 19.0. The predicted octanol–water partition coefficient (Wildman–Crippen LogP) is 5.36. The van der Waals surface area contributed by atoms with Gasteiger partial charge in [-0.25, -0.2) is 4.39 Å². The number of carbonyl (C=O) groups excluding carboxylic acids is 2. The maximum atomic E-state index is 14.5. The smallest absolute Gasteiger partial charge is 0.227 e. The number of anilines is 1. The number of carbonyl (C=O) groups is 2. The normalized spacial score (nSPS) is 20.2. The highest BCUT2D eigenvalue weighted by molar-refractivity contribution is 5.94. The van der Waals surface area contributed by atoms with Crippen molar-refractivity contribution in [3.8, 4) is 0 Å². The Morgan fingerprint density at radius 3 is 2.46 bits per heavy atom. The van der Waals surface area contributed by atoms with Crippen molar-refractivity contribution in [2.45, 2.75) is 70.6 Å². The van der Waals surface area contributed by atoms with E-state index in [1.807, 2.05) is 65.5 Å². The van der Waals surface area contributed by atoms with Gasteiger partial charge in [0.05, 0.1) is 6.42 Å². The second-order valence-electron chi connectivity index (χ2n) is 10.6. The van der Waals surface area contributed by atoms with Crippen LogP contribution in [0.2, 0.25) is 0 Å². The van der Waals surface area contributed by atoms with Crippen LogP contribution >= 0.6 is 0 Å². The largest absolute Gasteiger partial charge is 0.336 e. The number of hydrogen-bond acceptors (Lipinski definition) is 4. The summed E-state index contributed by atoms with van der Waals surface area (Å²) in [6.45, 7) is 4.23. The molecule has 2 unspecified atom stereocenters. The van der Waals surface area contributed by atoms with Gasteiger partial charge in [0, 0.05) is 62.8 Å². The van der Waals surface area contributed by atoms with E-state index in [9.17, 15) is 14.0 Å². The summed E-state index contributed by atoms with van der Waals surface area (Å²) in [6, 6.07) is 19.0. The number of hydrogen-bond donors (Lipinski definition) is 0. The molecule has 2 bridgehead atoms. The number of nitrogens with zero attached hydrogens (tertiary/aromatic N) is 4. The maximum Gasteiger partial charge on any atom is 0.227 e. The molecule has 2 aliphatic rings. The third-order valence-corrected chi connectivity index (χ3v) is 8.14. The highest BCUT2D eigenvalue weighted by Crippen LogP contribution is 2.32. The minimum atomic E-state index is -0.360. The number of aromatic nitrogens is 1. The Kier molecular flexibility index (Phi) is 8.67. The van der Waals surface area contributed by atoms with E-state index >= 15 is 0 Å². The van der Waals surface area contributed by atoms with E-state index in [0.717, 1.165) is 43.5 Å². The van der Waals surface area contributed by atoms with Crippen LogP contribution in [0.3, 0.4) is 0 Å². The number of amides is 2. The average Bonchev–Trinajstić information content (AvgIpc) is 2.97. The lowest BCUT2D eigenvalue weighted by molar-refractivity contribution is -0.132. The minimum absolute atomic E-state index is 0.00689. The molecule has 204 valence electrons. The van der Waals surface area contributed by atoms with Crippen LogP contribution in [0.15, 0.2) is 73.1 Å². The molecule has 1 saturated heterocycles. The van der Waals surface area contributed by atoms with E-state index in [0.29, 0.717) is 31.6 Å². The Bertz CT molecular complexity index is 1280. The SMILES string of the molecule is CCC(=O)N1CCC2CCCC(CN(C(=O)Cc3ccccc3F)Cc3ccccc31)N2Cc1ccncc1. The molecule has 2 aromatic carbocycles. The molecular weight excluding hydrogens is 491 g/mol. The monoisotopic (exact) mass is 528 g/mol. The van der Waals surface area contributed by atoms with Crippen LogP contribution in [0.4, 0.5) is 10.1 Å². The van der Waals surface area contributed by atoms with Gasteiger partial charge in [-0.1, -0.05) is 49.7 Å². The number of rotatable bonds is 5. The maximum absolute atomic E-state index is 14.5. The van der Waals surface area contributed by atoms with Gasteiger partial charge in [-0.15, -0.1) is 0 Å². The second-order valence-corrected chi connectivity index (χ2v) is 10.6. The lowest BCUT2D eigenvalue weighted by atomic mass is 9.92. The van der Waals surface area contributed by atoms with Crippen molar-refractivity contribution in [1.82, 2.24) is 14.8 Å². The van der Waals surface area contributed by atoms with Crippen molar-refractivity contribution in [3.05, 3.63) is 95.6 Å². The van der Waals surface area contributed by atoms with E-state index in [4.69, 9.17) is 0 Å². The van der Waals surface area contributed by atoms with Gasteiger partial charge in [-0.2, -0.15) is 0 Å². The van der Waals surface area contributed by atoms with Gasteiger partial charge in [-0.05, 0) is 60.2 Å². The molecule has 2 aliphatic heterocycles. The fourth-order valence-electron chi connectivity index (χ4n) is 6.07. The van der Waals surface area contributed by atoms with E-state index in [1.165, 1.54) is 11.6 Å². The molecule has 1 fully saturated rings. The molecule has 2 amide bonds. The van der Waals surface area contributed by atoms with Crippen LogP contribution in [0, 0.1) is 5.82 Å². The van der Waals surface area contributed by atoms with Crippen molar-refractivity contribution in [1.29, 1.82) is 0 Å². The number of pyridine rings is 1. The molecule has 1 aromatic heterocycles. The third kappa shape index (κ3) is 6.36. The Balaban J connectivity index is 1.53. The van der Waals surface area contributed by atoms with Gasteiger partial charge in [0.15, 0.2) is 0 Å². The Morgan fingerprint density at radius 2 is 1.67 bits per heavy atom. The molecule has 3 heterocycles. The van der Waals surface area contributed by atoms with Crippen LogP contribution in [0.1, 0.15) is 55.7 Å². The Hall–Kier alpha value is -3.58. The zero-order valence-corrected chi connectivity index (χ0v) is 22.6. The van der Waals surface area contributed by atoms with Gasteiger partial charge in [0.25, 0.3) is 0 Å². The first-order valence-corrected chi connectivity index (χ1v) is 14.1. The summed E-state index contributed by atoms with van der Waals surface area (Å²) in [5.41, 5.74) is 3.40. The molecule has 39 heavy (non-hydrogen) atoms. The first-order valence-electron chi connectivity index (χ1n) is 14.1. The van der Waals surface area contributed by atoms with Crippen LogP contribution in [-0.4, -0.2) is 51.8 Å². The van der Waals surface area contributed by atoms with E-state index in [-0.39, 0.29) is 36.1 Å². The zero-order chi connectivity index (χ0) is 27.2. The summed E-state index contributed by atoms with van der Waals surface area (Å²) in [7, 11) is 0.